The minimum Gasteiger partial charge on any atom is -0.480 e. The number of carboxylic acids is 1. The van der Waals surface area contributed by atoms with Crippen LogP contribution in [0.2, 0.25) is 10.0 Å². The quantitative estimate of drug-likeness (QED) is 0.304. The molecule has 0 spiro atoms. The van der Waals surface area contributed by atoms with Crippen LogP contribution in [0.1, 0.15) is 13.8 Å². The fourth-order valence-corrected chi connectivity index (χ4v) is 8.71. The molecule has 0 bridgehead atoms. The van der Waals surface area contributed by atoms with Gasteiger partial charge in [-0.15, -0.1) is 11.8 Å². The Labute approximate surface area is 165 Å². The molecule has 3 N–H and O–H groups in total. The van der Waals surface area contributed by atoms with Crippen LogP contribution in [-0.2, 0) is 25.6 Å². The first kappa shape index (κ1) is 24.5. The third-order valence-electron chi connectivity index (χ3n) is 2.07. The summed E-state index contributed by atoms with van der Waals surface area (Å²) in [5.74, 6) is -0.968. The maximum Gasteiger partial charge on any atom is 0.317 e. The Bertz CT molecular complexity index is 556. The molecule has 0 aliphatic heterocycles. The molecule has 0 heterocycles. The average Bonchev–Trinajstić information content (AvgIpc) is 2.51. The SMILES string of the molecule is CCOP(=S)(OCC)SCSc1cc(Cl)ccc1Cl.NCC(=O)O. The van der Waals surface area contributed by atoms with Crippen molar-refractivity contribution in [2.24, 2.45) is 5.73 Å². The molecular weight excluding hydrogens is 432 g/mol. The number of carboxylic acid groups (broad SMARTS) is 1. The molecule has 138 valence electrons. The zero-order chi connectivity index (χ0) is 18.6. The fraction of sp³-hybridized carbons (Fsp3) is 0.462. The van der Waals surface area contributed by atoms with Gasteiger partial charge in [0.1, 0.15) is 0 Å². The summed E-state index contributed by atoms with van der Waals surface area (Å²) in [5, 5.41) is 9.68. The number of rotatable bonds is 9. The number of nitrogens with two attached hydrogens (primary N) is 1. The van der Waals surface area contributed by atoms with E-state index in [0.717, 1.165) is 9.98 Å². The van der Waals surface area contributed by atoms with E-state index in [9.17, 15) is 4.79 Å². The first-order valence-corrected chi connectivity index (χ1v) is 12.8. The summed E-state index contributed by atoms with van der Waals surface area (Å²) in [6.07, 6.45) is 0. The lowest BCUT2D eigenvalue weighted by Gasteiger charge is -2.19. The lowest BCUT2D eigenvalue weighted by atomic mass is 10.4. The summed E-state index contributed by atoms with van der Waals surface area (Å²) < 4.78 is 11.1. The minimum atomic E-state index is -2.23. The minimum absolute atomic E-state index is 0.278. The van der Waals surface area contributed by atoms with E-state index in [4.69, 9.17) is 49.2 Å². The van der Waals surface area contributed by atoms with Crippen molar-refractivity contribution in [2.45, 2.75) is 18.7 Å². The van der Waals surface area contributed by atoms with Crippen molar-refractivity contribution in [2.75, 3.05) is 24.8 Å². The zero-order valence-electron chi connectivity index (χ0n) is 13.2. The number of hydrogen-bond donors (Lipinski definition) is 2. The molecule has 0 atom stereocenters. The summed E-state index contributed by atoms with van der Waals surface area (Å²) >= 11 is 20.6. The van der Waals surface area contributed by atoms with E-state index < -0.39 is 11.7 Å². The smallest absolute Gasteiger partial charge is 0.317 e. The Morgan fingerprint density at radius 2 is 1.88 bits per heavy atom. The van der Waals surface area contributed by atoms with Crippen LogP contribution in [0.5, 0.6) is 0 Å². The molecular formula is C13H20Cl2NO4PS3. The third kappa shape index (κ3) is 11.2. The van der Waals surface area contributed by atoms with E-state index in [0.29, 0.717) is 23.3 Å². The molecule has 24 heavy (non-hydrogen) atoms. The zero-order valence-corrected chi connectivity index (χ0v) is 18.1. The Kier molecular flexibility index (Phi) is 14.0. The van der Waals surface area contributed by atoms with Crippen LogP contribution in [0, 0.1) is 0 Å². The molecule has 1 aromatic rings. The topological polar surface area (TPSA) is 81.8 Å². The molecule has 1 rings (SSSR count). The molecule has 5 nitrogen and oxygen atoms in total. The van der Waals surface area contributed by atoms with Crippen molar-refractivity contribution in [1.29, 1.82) is 0 Å². The molecule has 0 radical (unpaired) electrons. The second kappa shape index (κ2) is 13.7. The molecule has 0 amide bonds. The number of halogens is 2. The van der Waals surface area contributed by atoms with Gasteiger partial charge in [-0.2, -0.15) is 0 Å². The van der Waals surface area contributed by atoms with Crippen LogP contribution in [-0.4, -0.2) is 35.9 Å². The third-order valence-corrected chi connectivity index (χ3v) is 9.86. The highest BCUT2D eigenvalue weighted by Crippen LogP contribution is 2.62. The van der Waals surface area contributed by atoms with Crippen molar-refractivity contribution >= 4 is 69.8 Å². The Morgan fingerprint density at radius 1 is 1.33 bits per heavy atom. The number of hydrogen-bond acceptors (Lipinski definition) is 7. The molecule has 0 unspecified atom stereocenters. The summed E-state index contributed by atoms with van der Waals surface area (Å²) in [4.78, 5) is 10.2. The largest absolute Gasteiger partial charge is 0.480 e. The first-order chi connectivity index (χ1) is 11.3. The van der Waals surface area contributed by atoms with Crippen molar-refractivity contribution in [3.05, 3.63) is 28.2 Å². The maximum absolute atomic E-state index is 9.24. The van der Waals surface area contributed by atoms with E-state index in [2.05, 4.69) is 5.73 Å². The lowest BCUT2D eigenvalue weighted by molar-refractivity contribution is -0.135. The molecule has 0 aliphatic rings. The molecule has 0 aliphatic carbocycles. The van der Waals surface area contributed by atoms with E-state index in [-0.39, 0.29) is 6.54 Å². The fourth-order valence-electron chi connectivity index (χ4n) is 1.17. The summed E-state index contributed by atoms with van der Waals surface area (Å²) in [6.45, 7) is 4.68. The Morgan fingerprint density at radius 3 is 2.33 bits per heavy atom. The standard InChI is InChI=1S/C11H15Cl2O2PS3.C2H5NO2/c1-3-14-16(17,15-4-2)19-8-18-11-7-9(12)5-6-10(11)13;3-1-2(4)5/h5-7H,3-4,8H2,1-2H3;1,3H2,(H,4,5). The van der Waals surface area contributed by atoms with Gasteiger partial charge < -0.3 is 19.9 Å². The first-order valence-electron chi connectivity index (χ1n) is 6.81. The van der Waals surface area contributed by atoms with Gasteiger partial charge in [0.2, 0.25) is 5.69 Å². The van der Waals surface area contributed by atoms with Crippen LogP contribution >= 0.6 is 52.0 Å². The highest BCUT2D eigenvalue weighted by Gasteiger charge is 2.18. The van der Waals surface area contributed by atoms with Gasteiger partial charge in [0.15, 0.2) is 0 Å². The number of carbonyl (C=O) groups is 1. The molecule has 11 heteroatoms. The van der Waals surface area contributed by atoms with Gasteiger partial charge in [-0.1, -0.05) is 34.6 Å². The summed E-state index contributed by atoms with van der Waals surface area (Å²) in [5.41, 5.74) is 2.34. The van der Waals surface area contributed by atoms with E-state index in [1.807, 2.05) is 19.9 Å². The second-order valence-corrected chi connectivity index (χ2v) is 12.4. The molecule has 1 aromatic carbocycles. The number of thioether (sulfide) groups is 1. The lowest BCUT2D eigenvalue weighted by Crippen LogP contribution is -2.10. The normalized spacial score (nSPS) is 10.9. The molecule has 0 saturated heterocycles. The summed E-state index contributed by atoms with van der Waals surface area (Å²) in [7, 11) is 0. The maximum atomic E-state index is 9.24. The van der Waals surface area contributed by atoms with Gasteiger partial charge in [0.05, 0.1) is 29.9 Å². The van der Waals surface area contributed by atoms with Gasteiger partial charge in [0, 0.05) is 9.92 Å². The van der Waals surface area contributed by atoms with Crippen LogP contribution in [0.25, 0.3) is 0 Å². The van der Waals surface area contributed by atoms with Gasteiger partial charge >= 0.3 is 5.97 Å². The van der Waals surface area contributed by atoms with Crippen molar-refractivity contribution < 1.29 is 18.9 Å². The van der Waals surface area contributed by atoms with Crippen molar-refractivity contribution in [3.8, 4) is 0 Å². The predicted molar refractivity (Wildman–Crippen MR) is 109 cm³/mol. The molecule has 0 fully saturated rings. The average molecular weight is 452 g/mol. The molecule has 0 aromatic heterocycles. The molecule has 0 saturated carbocycles. The van der Waals surface area contributed by atoms with Crippen LogP contribution < -0.4 is 5.73 Å². The van der Waals surface area contributed by atoms with Gasteiger partial charge in [-0.3, -0.25) is 4.79 Å². The van der Waals surface area contributed by atoms with Crippen LogP contribution in [0.15, 0.2) is 23.1 Å². The van der Waals surface area contributed by atoms with Crippen molar-refractivity contribution in [3.63, 3.8) is 0 Å². The van der Waals surface area contributed by atoms with Gasteiger partial charge in [0.25, 0.3) is 0 Å². The van der Waals surface area contributed by atoms with E-state index in [1.165, 1.54) is 11.4 Å². The van der Waals surface area contributed by atoms with E-state index >= 15 is 0 Å². The number of aliphatic carboxylic acids is 1. The predicted octanol–water partition coefficient (Wildman–Crippen LogP) is 5.10. The van der Waals surface area contributed by atoms with Crippen LogP contribution in [0.4, 0.5) is 0 Å². The Hall–Kier alpha value is 0.500. The van der Waals surface area contributed by atoms with E-state index in [1.54, 1.807) is 23.9 Å². The summed E-state index contributed by atoms with van der Waals surface area (Å²) in [6, 6.07) is 5.41. The monoisotopic (exact) mass is 451 g/mol. The Balaban J connectivity index is 0.000000922. The van der Waals surface area contributed by atoms with Gasteiger partial charge in [-0.05, 0) is 43.9 Å². The highest BCUT2D eigenvalue weighted by molar-refractivity contribution is 8.69. The van der Waals surface area contributed by atoms with Crippen molar-refractivity contribution in [1.82, 2.24) is 0 Å². The van der Waals surface area contributed by atoms with Crippen LogP contribution in [0.3, 0.4) is 0 Å². The highest BCUT2D eigenvalue weighted by atomic mass is 35.5. The number of benzene rings is 1. The second-order valence-electron chi connectivity index (χ2n) is 3.85. The van der Waals surface area contributed by atoms with Gasteiger partial charge in [-0.25, -0.2) is 0 Å².